The second-order valence-corrected chi connectivity index (χ2v) is 8.66. The molecule has 2 fully saturated rings. The summed E-state index contributed by atoms with van der Waals surface area (Å²) >= 11 is 0. The summed E-state index contributed by atoms with van der Waals surface area (Å²) in [6.45, 7) is 0.745. The highest BCUT2D eigenvalue weighted by Crippen LogP contribution is 2.44. The van der Waals surface area contributed by atoms with Crippen LogP contribution in [0, 0.1) is 11.7 Å². The highest BCUT2D eigenvalue weighted by atomic mass is 19.1. The van der Waals surface area contributed by atoms with Crippen LogP contribution in [-0.2, 0) is 0 Å². The summed E-state index contributed by atoms with van der Waals surface area (Å²) in [4.78, 5) is 33.2. The first-order valence-corrected chi connectivity index (χ1v) is 10.9. The molecule has 12 heteroatoms. The number of anilines is 2. The van der Waals surface area contributed by atoms with E-state index in [0.717, 1.165) is 19.4 Å². The molecule has 0 spiro atoms. The molecule has 2 aliphatic rings. The van der Waals surface area contributed by atoms with Crippen LogP contribution in [0.1, 0.15) is 23.5 Å². The van der Waals surface area contributed by atoms with Gasteiger partial charge in [0.1, 0.15) is 17.3 Å². The monoisotopic (exact) mass is 464 g/mol. The summed E-state index contributed by atoms with van der Waals surface area (Å²) in [6, 6.07) is 3.32. The number of rotatable bonds is 5. The van der Waals surface area contributed by atoms with Crippen LogP contribution in [0.25, 0.3) is 21.9 Å². The standard InChI is InChI=1S/C22H21FN8O3/c1-25-15-4-10(23)3-13-16-18(28-17(13)15)29-22(34-12-6-26-19(21(32)33)27-7-12)30-20(16)31-8-9-2-11(31)5-14(9)24/h3-4,6-7,9,11,14,25H,2,5,8,24H2,1H3,(H,32,33)(H,28,29,30)/t9?,11?,14-/m0/s1. The quantitative estimate of drug-likeness (QED) is 0.346. The second-order valence-electron chi connectivity index (χ2n) is 8.66. The van der Waals surface area contributed by atoms with Gasteiger partial charge < -0.3 is 30.8 Å². The molecule has 2 bridgehead atoms. The van der Waals surface area contributed by atoms with E-state index in [1.807, 2.05) is 0 Å². The first-order chi connectivity index (χ1) is 16.4. The molecular formula is C22H21FN8O3. The van der Waals surface area contributed by atoms with E-state index in [9.17, 15) is 9.18 Å². The number of carboxylic acid groups (broad SMARTS) is 1. The van der Waals surface area contributed by atoms with Crippen LogP contribution in [0.4, 0.5) is 15.9 Å². The zero-order chi connectivity index (χ0) is 23.6. The van der Waals surface area contributed by atoms with Crippen molar-refractivity contribution >= 4 is 39.4 Å². The predicted octanol–water partition coefficient (Wildman–Crippen LogP) is 2.50. The van der Waals surface area contributed by atoms with Crippen LogP contribution < -0.4 is 20.7 Å². The summed E-state index contributed by atoms with van der Waals surface area (Å²) < 4.78 is 20.2. The lowest BCUT2D eigenvalue weighted by Gasteiger charge is -2.31. The zero-order valence-corrected chi connectivity index (χ0v) is 18.1. The van der Waals surface area contributed by atoms with Crippen molar-refractivity contribution in [1.29, 1.82) is 0 Å². The fourth-order valence-electron chi connectivity index (χ4n) is 5.11. The van der Waals surface area contributed by atoms with Crippen molar-refractivity contribution in [2.45, 2.75) is 24.9 Å². The Labute approximate surface area is 192 Å². The number of aromatic nitrogens is 5. The molecule has 174 valence electrons. The van der Waals surface area contributed by atoms with Gasteiger partial charge in [-0.1, -0.05) is 0 Å². The van der Waals surface area contributed by atoms with Crippen LogP contribution in [0.3, 0.4) is 0 Å². The third kappa shape index (κ3) is 3.17. The third-order valence-electron chi connectivity index (χ3n) is 6.65. The number of nitrogens with two attached hydrogens (primary N) is 1. The molecular weight excluding hydrogens is 443 g/mol. The minimum Gasteiger partial charge on any atom is -0.475 e. The maximum atomic E-state index is 14.5. The number of ether oxygens (including phenoxy) is 1. The molecule has 6 rings (SSSR count). The normalized spacial score (nSPS) is 21.5. The minimum absolute atomic E-state index is 0.0410. The summed E-state index contributed by atoms with van der Waals surface area (Å²) in [5, 5.41) is 13.4. The van der Waals surface area contributed by atoms with Crippen molar-refractivity contribution < 1.29 is 19.0 Å². The van der Waals surface area contributed by atoms with Gasteiger partial charge >= 0.3 is 12.0 Å². The van der Waals surface area contributed by atoms with Crippen LogP contribution in [-0.4, -0.2) is 61.7 Å². The number of carboxylic acids is 1. The smallest absolute Gasteiger partial charge is 0.373 e. The van der Waals surface area contributed by atoms with Gasteiger partial charge in [0, 0.05) is 31.1 Å². The van der Waals surface area contributed by atoms with Crippen molar-refractivity contribution in [2.24, 2.45) is 11.7 Å². The maximum Gasteiger partial charge on any atom is 0.373 e. The van der Waals surface area contributed by atoms with Gasteiger partial charge in [0.25, 0.3) is 0 Å². The number of carbonyl (C=O) groups is 1. The second kappa shape index (κ2) is 7.48. The Bertz CT molecular complexity index is 1440. The maximum absolute atomic E-state index is 14.5. The van der Waals surface area contributed by atoms with E-state index in [2.05, 4.69) is 30.2 Å². The third-order valence-corrected chi connectivity index (χ3v) is 6.65. The lowest BCUT2D eigenvalue weighted by Crippen LogP contribution is -2.41. The number of fused-ring (bicyclic) bond motifs is 5. The Hall–Kier alpha value is -4.06. The molecule has 1 aromatic carbocycles. The molecule has 0 radical (unpaired) electrons. The van der Waals surface area contributed by atoms with Crippen LogP contribution in [0.2, 0.25) is 0 Å². The Morgan fingerprint density at radius 3 is 2.74 bits per heavy atom. The topological polar surface area (TPSA) is 155 Å². The van der Waals surface area contributed by atoms with E-state index in [0.29, 0.717) is 39.4 Å². The molecule has 1 saturated heterocycles. The van der Waals surface area contributed by atoms with Gasteiger partial charge in [-0.25, -0.2) is 19.2 Å². The molecule has 4 heterocycles. The molecule has 5 N–H and O–H groups in total. The lowest BCUT2D eigenvalue weighted by atomic mass is 10.0. The fourth-order valence-corrected chi connectivity index (χ4v) is 5.11. The highest BCUT2D eigenvalue weighted by Gasteiger charge is 2.44. The van der Waals surface area contributed by atoms with Gasteiger partial charge in [0.05, 0.1) is 29.0 Å². The first-order valence-electron chi connectivity index (χ1n) is 10.9. The number of aromatic carboxylic acids is 1. The van der Waals surface area contributed by atoms with E-state index in [1.54, 1.807) is 7.05 Å². The van der Waals surface area contributed by atoms with Crippen LogP contribution in [0.5, 0.6) is 11.8 Å². The first kappa shape index (κ1) is 20.5. The van der Waals surface area contributed by atoms with Gasteiger partial charge in [-0.3, -0.25) is 0 Å². The lowest BCUT2D eigenvalue weighted by molar-refractivity contribution is 0.0683. The average Bonchev–Trinajstić information content (AvgIpc) is 3.50. The predicted molar refractivity (Wildman–Crippen MR) is 122 cm³/mol. The Morgan fingerprint density at radius 1 is 1.29 bits per heavy atom. The number of aromatic amines is 1. The highest BCUT2D eigenvalue weighted by molar-refractivity contribution is 6.14. The Kier molecular flexibility index (Phi) is 4.52. The fraction of sp³-hybridized carbons (Fsp3) is 0.318. The molecule has 3 atom stereocenters. The van der Waals surface area contributed by atoms with E-state index >= 15 is 0 Å². The summed E-state index contributed by atoms with van der Waals surface area (Å²) in [5.74, 6) is -0.749. The summed E-state index contributed by atoms with van der Waals surface area (Å²) in [7, 11) is 1.72. The van der Waals surface area contributed by atoms with Crippen molar-refractivity contribution in [3.05, 3.63) is 36.2 Å². The van der Waals surface area contributed by atoms with Crippen molar-refractivity contribution in [1.82, 2.24) is 24.9 Å². The molecule has 0 amide bonds. The van der Waals surface area contributed by atoms with E-state index in [1.165, 1.54) is 24.5 Å². The molecule has 34 heavy (non-hydrogen) atoms. The number of piperidine rings is 1. The number of hydrogen-bond donors (Lipinski definition) is 4. The van der Waals surface area contributed by atoms with Gasteiger partial charge in [-0.15, -0.1) is 0 Å². The number of halogens is 1. The molecule has 1 saturated carbocycles. The van der Waals surface area contributed by atoms with Gasteiger partial charge in [0.15, 0.2) is 5.75 Å². The van der Waals surface area contributed by atoms with Gasteiger partial charge in [0.2, 0.25) is 5.82 Å². The van der Waals surface area contributed by atoms with E-state index in [4.69, 9.17) is 20.6 Å². The molecule has 11 nitrogen and oxygen atoms in total. The molecule has 4 aromatic rings. The minimum atomic E-state index is -1.24. The van der Waals surface area contributed by atoms with Crippen LogP contribution in [0.15, 0.2) is 24.5 Å². The Morgan fingerprint density at radius 2 is 2.09 bits per heavy atom. The zero-order valence-electron chi connectivity index (χ0n) is 18.1. The number of H-pyrrole nitrogens is 1. The van der Waals surface area contributed by atoms with Gasteiger partial charge in [-0.05, 0) is 30.9 Å². The van der Waals surface area contributed by atoms with Crippen molar-refractivity contribution in [2.75, 3.05) is 23.8 Å². The number of nitrogens with zero attached hydrogens (tertiary/aromatic N) is 5. The molecule has 3 aromatic heterocycles. The molecule has 1 aliphatic heterocycles. The molecule has 2 unspecified atom stereocenters. The number of nitrogens with one attached hydrogen (secondary N) is 2. The van der Waals surface area contributed by atoms with Crippen molar-refractivity contribution in [3.63, 3.8) is 0 Å². The van der Waals surface area contributed by atoms with Gasteiger partial charge in [-0.2, -0.15) is 9.97 Å². The SMILES string of the molecule is CNc1cc(F)cc2c1[nH]c1nc(Oc3cnc(C(=O)O)nc3)nc(N3CC4CC3C[C@@H]4N)c12. The largest absolute Gasteiger partial charge is 0.475 e. The molecule has 1 aliphatic carbocycles. The van der Waals surface area contributed by atoms with E-state index < -0.39 is 5.97 Å². The van der Waals surface area contributed by atoms with E-state index in [-0.39, 0.29) is 35.5 Å². The summed E-state index contributed by atoms with van der Waals surface area (Å²) in [5.41, 5.74) is 8.07. The number of benzene rings is 1. The van der Waals surface area contributed by atoms with Crippen LogP contribution >= 0.6 is 0 Å². The van der Waals surface area contributed by atoms with Crippen molar-refractivity contribution in [3.8, 4) is 11.8 Å². The average molecular weight is 464 g/mol. The number of hydrogen-bond acceptors (Lipinski definition) is 9. The Balaban J connectivity index is 1.50. The summed E-state index contributed by atoms with van der Waals surface area (Å²) in [6.07, 6.45) is 4.33.